The van der Waals surface area contributed by atoms with E-state index in [1.165, 1.54) is 18.2 Å². The van der Waals surface area contributed by atoms with Crippen molar-refractivity contribution in [3.05, 3.63) is 40.7 Å². The molecule has 23 heavy (non-hydrogen) atoms. The minimum Gasteiger partial charge on any atom is -0.433 e. The van der Waals surface area contributed by atoms with Gasteiger partial charge in [0.05, 0.1) is 10.7 Å². The van der Waals surface area contributed by atoms with Crippen LogP contribution in [0.25, 0.3) is 0 Å². The van der Waals surface area contributed by atoms with Crippen LogP contribution in [0, 0.1) is 13.8 Å². The quantitative estimate of drug-likeness (QED) is 0.868. The van der Waals surface area contributed by atoms with Crippen molar-refractivity contribution in [2.45, 2.75) is 33.4 Å². The molecule has 0 radical (unpaired) electrons. The molecular formula is C15H16ClF2N3O2. The van der Waals surface area contributed by atoms with E-state index in [-0.39, 0.29) is 23.1 Å². The predicted molar refractivity (Wildman–Crippen MR) is 83.0 cm³/mol. The van der Waals surface area contributed by atoms with Crippen molar-refractivity contribution in [3.8, 4) is 5.75 Å². The highest BCUT2D eigenvalue weighted by Crippen LogP contribution is 2.28. The number of carbonyl (C=O) groups excluding carboxylic acids is 1. The zero-order valence-electron chi connectivity index (χ0n) is 12.6. The summed E-state index contributed by atoms with van der Waals surface area (Å²) >= 11 is 5.83. The summed E-state index contributed by atoms with van der Waals surface area (Å²) in [6, 6.07) is 6.02. The first-order chi connectivity index (χ1) is 10.8. The first-order valence-corrected chi connectivity index (χ1v) is 7.28. The van der Waals surface area contributed by atoms with Crippen molar-refractivity contribution in [2.75, 3.05) is 5.32 Å². The smallest absolute Gasteiger partial charge is 0.387 e. The van der Waals surface area contributed by atoms with Crippen molar-refractivity contribution in [1.82, 2.24) is 9.78 Å². The maximum Gasteiger partial charge on any atom is 0.387 e. The van der Waals surface area contributed by atoms with Crippen LogP contribution in [0.4, 0.5) is 14.5 Å². The topological polar surface area (TPSA) is 56.2 Å². The zero-order chi connectivity index (χ0) is 17.0. The summed E-state index contributed by atoms with van der Waals surface area (Å²) < 4.78 is 30.3. The lowest BCUT2D eigenvalue weighted by Crippen LogP contribution is -2.15. The number of ether oxygens (including phenoxy) is 1. The highest BCUT2D eigenvalue weighted by molar-refractivity contribution is 6.32. The SMILES string of the molecule is Cc1cc(C)n(CCC(=O)Nc2ccc(OC(F)F)c(Cl)c2)n1. The van der Waals surface area contributed by atoms with Crippen LogP contribution in [0.2, 0.25) is 5.02 Å². The summed E-state index contributed by atoms with van der Waals surface area (Å²) in [6.45, 7) is 1.30. The molecule has 2 rings (SSSR count). The van der Waals surface area contributed by atoms with Crippen molar-refractivity contribution in [1.29, 1.82) is 0 Å². The normalized spacial score (nSPS) is 10.9. The highest BCUT2D eigenvalue weighted by atomic mass is 35.5. The molecule has 0 spiro atoms. The fourth-order valence-corrected chi connectivity index (χ4v) is 2.33. The van der Waals surface area contributed by atoms with Crippen LogP contribution in [-0.4, -0.2) is 22.3 Å². The number of hydrogen-bond donors (Lipinski definition) is 1. The van der Waals surface area contributed by atoms with E-state index in [0.29, 0.717) is 12.2 Å². The standard InChI is InChI=1S/C15H16ClF2N3O2/c1-9-7-10(2)21(20-9)6-5-14(22)19-11-3-4-13(12(16)8-11)23-15(17)18/h3-4,7-8,15H,5-6H2,1-2H3,(H,19,22). The van der Waals surface area contributed by atoms with Gasteiger partial charge in [0, 0.05) is 24.3 Å². The molecular weight excluding hydrogens is 328 g/mol. The second-order valence-electron chi connectivity index (χ2n) is 4.97. The van der Waals surface area contributed by atoms with Gasteiger partial charge in [0.15, 0.2) is 0 Å². The van der Waals surface area contributed by atoms with Crippen LogP contribution in [-0.2, 0) is 11.3 Å². The van der Waals surface area contributed by atoms with E-state index in [2.05, 4.69) is 15.2 Å². The van der Waals surface area contributed by atoms with Crippen molar-refractivity contribution in [3.63, 3.8) is 0 Å². The average molecular weight is 344 g/mol. The number of hydrogen-bond acceptors (Lipinski definition) is 3. The molecule has 0 bridgehead atoms. The van der Waals surface area contributed by atoms with E-state index in [4.69, 9.17) is 11.6 Å². The molecule has 2 aromatic rings. The summed E-state index contributed by atoms with van der Waals surface area (Å²) in [5.74, 6) is -0.363. The van der Waals surface area contributed by atoms with Gasteiger partial charge in [-0.3, -0.25) is 9.48 Å². The molecule has 0 fully saturated rings. The fourth-order valence-electron chi connectivity index (χ4n) is 2.10. The maximum atomic E-state index is 12.1. The predicted octanol–water partition coefficient (Wildman–Crippen LogP) is 3.78. The summed E-state index contributed by atoms with van der Waals surface area (Å²) in [5.41, 5.74) is 2.28. The van der Waals surface area contributed by atoms with Crippen LogP contribution < -0.4 is 10.1 Å². The molecule has 1 N–H and O–H groups in total. The maximum absolute atomic E-state index is 12.1. The number of nitrogens with zero attached hydrogens (tertiary/aromatic N) is 2. The fraction of sp³-hybridized carbons (Fsp3) is 0.333. The van der Waals surface area contributed by atoms with Gasteiger partial charge in [-0.05, 0) is 38.1 Å². The van der Waals surface area contributed by atoms with E-state index in [1.807, 2.05) is 19.9 Å². The number of carbonyl (C=O) groups is 1. The number of aromatic nitrogens is 2. The van der Waals surface area contributed by atoms with Gasteiger partial charge in [-0.2, -0.15) is 13.9 Å². The molecule has 5 nitrogen and oxygen atoms in total. The van der Waals surface area contributed by atoms with Gasteiger partial charge in [-0.25, -0.2) is 0 Å². The molecule has 0 saturated heterocycles. The van der Waals surface area contributed by atoms with E-state index in [1.54, 1.807) is 4.68 Å². The zero-order valence-corrected chi connectivity index (χ0v) is 13.4. The third kappa shape index (κ3) is 4.92. The van der Waals surface area contributed by atoms with Gasteiger partial charge >= 0.3 is 6.61 Å². The Labute approximate surface area is 137 Å². The Kier molecular flexibility index (Phi) is 5.54. The van der Waals surface area contributed by atoms with Crippen LogP contribution in [0.5, 0.6) is 5.75 Å². The Morgan fingerprint density at radius 1 is 1.39 bits per heavy atom. The Morgan fingerprint density at radius 2 is 2.13 bits per heavy atom. The Balaban J connectivity index is 1.92. The van der Waals surface area contributed by atoms with Crippen LogP contribution >= 0.6 is 11.6 Å². The van der Waals surface area contributed by atoms with Crippen molar-refractivity contribution in [2.24, 2.45) is 0 Å². The average Bonchev–Trinajstić information content (AvgIpc) is 2.77. The molecule has 1 amide bonds. The molecule has 0 atom stereocenters. The van der Waals surface area contributed by atoms with E-state index >= 15 is 0 Å². The third-order valence-electron chi connectivity index (χ3n) is 3.09. The summed E-state index contributed by atoms with van der Waals surface area (Å²) in [7, 11) is 0. The largest absolute Gasteiger partial charge is 0.433 e. The lowest BCUT2D eigenvalue weighted by molar-refractivity contribution is -0.116. The molecule has 0 unspecified atom stereocenters. The summed E-state index contributed by atoms with van der Waals surface area (Å²) in [5, 5.41) is 6.92. The Hall–Kier alpha value is -2.15. The lowest BCUT2D eigenvalue weighted by Gasteiger charge is -2.10. The molecule has 0 aliphatic heterocycles. The van der Waals surface area contributed by atoms with Crippen molar-refractivity contribution >= 4 is 23.2 Å². The Bertz CT molecular complexity index is 704. The number of nitrogens with one attached hydrogen (secondary N) is 1. The van der Waals surface area contributed by atoms with Crippen LogP contribution in [0.15, 0.2) is 24.3 Å². The van der Waals surface area contributed by atoms with Gasteiger partial charge in [-0.1, -0.05) is 11.6 Å². The second-order valence-corrected chi connectivity index (χ2v) is 5.38. The number of anilines is 1. The molecule has 0 aliphatic rings. The van der Waals surface area contributed by atoms with Crippen LogP contribution in [0.1, 0.15) is 17.8 Å². The van der Waals surface area contributed by atoms with Gasteiger partial charge in [-0.15, -0.1) is 0 Å². The van der Waals surface area contributed by atoms with Gasteiger partial charge < -0.3 is 10.1 Å². The van der Waals surface area contributed by atoms with Gasteiger partial charge in [0.1, 0.15) is 5.75 Å². The molecule has 1 aromatic carbocycles. The molecule has 124 valence electrons. The number of amides is 1. The van der Waals surface area contributed by atoms with Gasteiger partial charge in [0.25, 0.3) is 0 Å². The summed E-state index contributed by atoms with van der Waals surface area (Å²) in [6.07, 6.45) is 0.231. The molecule has 0 saturated carbocycles. The number of aryl methyl sites for hydroxylation is 3. The minimum absolute atomic E-state index is 0.00152. The minimum atomic E-state index is -2.95. The van der Waals surface area contributed by atoms with E-state index in [9.17, 15) is 13.6 Å². The van der Waals surface area contributed by atoms with E-state index in [0.717, 1.165) is 11.4 Å². The molecule has 1 aromatic heterocycles. The van der Waals surface area contributed by atoms with Crippen LogP contribution in [0.3, 0.4) is 0 Å². The first kappa shape index (κ1) is 17.2. The number of benzene rings is 1. The Morgan fingerprint density at radius 3 is 2.70 bits per heavy atom. The van der Waals surface area contributed by atoms with E-state index < -0.39 is 6.61 Å². The number of alkyl halides is 2. The van der Waals surface area contributed by atoms with Gasteiger partial charge in [0.2, 0.25) is 5.91 Å². The first-order valence-electron chi connectivity index (χ1n) is 6.90. The van der Waals surface area contributed by atoms with Crippen molar-refractivity contribution < 1.29 is 18.3 Å². The monoisotopic (exact) mass is 343 g/mol. The molecule has 1 heterocycles. The molecule has 0 aliphatic carbocycles. The third-order valence-corrected chi connectivity index (χ3v) is 3.38. The number of halogens is 3. The second kappa shape index (κ2) is 7.41. The summed E-state index contributed by atoms with van der Waals surface area (Å²) in [4.78, 5) is 11.9. The highest BCUT2D eigenvalue weighted by Gasteiger charge is 2.11. The lowest BCUT2D eigenvalue weighted by atomic mass is 10.3. The molecule has 8 heteroatoms. The number of rotatable bonds is 6.